The van der Waals surface area contributed by atoms with E-state index in [1.54, 1.807) is 0 Å². The third kappa shape index (κ3) is 3.25. The number of aryl methyl sites for hydroxylation is 1. The monoisotopic (exact) mass is 339 g/mol. The minimum Gasteiger partial charge on any atom is -0.329 e. The van der Waals surface area contributed by atoms with Crippen LogP contribution in [0.1, 0.15) is 31.0 Å². The van der Waals surface area contributed by atoms with Crippen LogP contribution in [0.4, 0.5) is 0 Å². The number of nitrogens with two attached hydrogens (primary N) is 1. The van der Waals surface area contributed by atoms with Crippen molar-refractivity contribution >= 4 is 15.9 Å². The van der Waals surface area contributed by atoms with Gasteiger partial charge >= 0.3 is 0 Å². The molecule has 3 unspecified atom stereocenters. The van der Waals surface area contributed by atoms with Crippen molar-refractivity contribution < 1.29 is 0 Å². The van der Waals surface area contributed by atoms with Gasteiger partial charge in [0.1, 0.15) is 0 Å². The molecule has 3 atom stereocenters. The Morgan fingerprint density at radius 3 is 2.40 bits per heavy atom. The first kappa shape index (κ1) is 16.0. The quantitative estimate of drug-likeness (QED) is 0.918. The van der Waals surface area contributed by atoms with Crippen molar-refractivity contribution in [2.24, 2.45) is 5.73 Å². The van der Waals surface area contributed by atoms with Gasteiger partial charge in [0.15, 0.2) is 0 Å². The second-order valence-electron chi connectivity index (χ2n) is 6.08. The number of piperazine rings is 1. The van der Waals surface area contributed by atoms with E-state index in [2.05, 4.69) is 71.7 Å². The molecule has 0 spiro atoms. The molecule has 1 aromatic carbocycles. The predicted molar refractivity (Wildman–Crippen MR) is 88.9 cm³/mol. The molecule has 1 fully saturated rings. The van der Waals surface area contributed by atoms with Gasteiger partial charge in [-0.25, -0.2) is 0 Å². The van der Waals surface area contributed by atoms with E-state index in [1.165, 1.54) is 11.1 Å². The van der Waals surface area contributed by atoms with Gasteiger partial charge in [0.05, 0.1) is 0 Å². The summed E-state index contributed by atoms with van der Waals surface area (Å²) in [7, 11) is 2.22. The molecule has 20 heavy (non-hydrogen) atoms. The first-order valence-electron chi connectivity index (χ1n) is 7.36. The summed E-state index contributed by atoms with van der Waals surface area (Å²) in [5.74, 6) is 0. The molecule has 3 nitrogen and oxygen atoms in total. The maximum absolute atomic E-state index is 6.08. The Morgan fingerprint density at radius 2 is 1.90 bits per heavy atom. The van der Waals surface area contributed by atoms with Crippen molar-refractivity contribution in [2.75, 3.05) is 26.7 Å². The largest absolute Gasteiger partial charge is 0.329 e. The molecule has 1 aromatic rings. The second-order valence-corrected chi connectivity index (χ2v) is 6.93. The Labute approximate surface area is 131 Å². The standard InChI is InChI=1S/C16H26BrN3/c1-11-7-14(5-6-15(11)17)16(8-18)20-9-12(2)19(4)13(3)10-20/h5-7,12-13,16H,8-10,18H2,1-4H3. The van der Waals surface area contributed by atoms with Crippen LogP contribution in [0.5, 0.6) is 0 Å². The summed E-state index contributed by atoms with van der Waals surface area (Å²) in [5.41, 5.74) is 8.69. The van der Waals surface area contributed by atoms with Gasteiger partial charge in [-0.1, -0.05) is 28.1 Å². The SMILES string of the molecule is Cc1cc(C(CN)N2CC(C)N(C)C(C)C2)ccc1Br. The lowest BCUT2D eigenvalue weighted by atomic mass is 9.99. The first-order chi connectivity index (χ1) is 9.43. The number of hydrogen-bond acceptors (Lipinski definition) is 3. The molecule has 0 bridgehead atoms. The predicted octanol–water partition coefficient (Wildman–Crippen LogP) is 2.78. The van der Waals surface area contributed by atoms with E-state index in [0.29, 0.717) is 24.7 Å². The zero-order chi connectivity index (χ0) is 14.9. The number of likely N-dealkylation sites (N-methyl/N-ethyl adjacent to an activating group) is 1. The lowest BCUT2D eigenvalue weighted by Crippen LogP contribution is -2.56. The fourth-order valence-corrected chi connectivity index (χ4v) is 3.32. The molecule has 0 amide bonds. The van der Waals surface area contributed by atoms with Crippen LogP contribution in [0.25, 0.3) is 0 Å². The van der Waals surface area contributed by atoms with Crippen LogP contribution in [0, 0.1) is 6.92 Å². The normalized spacial score (nSPS) is 26.7. The van der Waals surface area contributed by atoms with E-state index >= 15 is 0 Å². The molecule has 1 heterocycles. The summed E-state index contributed by atoms with van der Waals surface area (Å²) >= 11 is 3.57. The van der Waals surface area contributed by atoms with E-state index in [-0.39, 0.29) is 0 Å². The third-order valence-electron chi connectivity index (χ3n) is 4.62. The topological polar surface area (TPSA) is 32.5 Å². The molecule has 2 rings (SSSR count). The molecule has 0 aromatic heterocycles. The Balaban J connectivity index is 2.21. The van der Waals surface area contributed by atoms with Gasteiger partial charge in [-0.3, -0.25) is 9.80 Å². The summed E-state index contributed by atoms with van der Waals surface area (Å²) < 4.78 is 1.16. The van der Waals surface area contributed by atoms with Crippen LogP contribution in [-0.2, 0) is 0 Å². The van der Waals surface area contributed by atoms with Gasteiger partial charge in [-0.15, -0.1) is 0 Å². The maximum Gasteiger partial charge on any atom is 0.0471 e. The zero-order valence-electron chi connectivity index (χ0n) is 12.9. The fraction of sp³-hybridized carbons (Fsp3) is 0.625. The number of nitrogens with zero attached hydrogens (tertiary/aromatic N) is 2. The van der Waals surface area contributed by atoms with Crippen molar-refractivity contribution in [3.05, 3.63) is 33.8 Å². The highest BCUT2D eigenvalue weighted by Gasteiger charge is 2.30. The van der Waals surface area contributed by atoms with E-state index in [9.17, 15) is 0 Å². The Kier molecular flexibility index (Phi) is 5.24. The molecule has 0 radical (unpaired) electrons. The van der Waals surface area contributed by atoms with Crippen LogP contribution in [0.3, 0.4) is 0 Å². The molecule has 4 heteroatoms. The van der Waals surface area contributed by atoms with Crippen LogP contribution >= 0.6 is 15.9 Å². The molecule has 1 aliphatic heterocycles. The highest BCUT2D eigenvalue weighted by Crippen LogP contribution is 2.27. The lowest BCUT2D eigenvalue weighted by molar-refractivity contribution is 0.0352. The van der Waals surface area contributed by atoms with Gasteiger partial charge in [0.25, 0.3) is 0 Å². The maximum atomic E-state index is 6.08. The van der Waals surface area contributed by atoms with Crippen molar-refractivity contribution in [3.63, 3.8) is 0 Å². The molecule has 1 saturated heterocycles. The molecule has 2 N–H and O–H groups in total. The van der Waals surface area contributed by atoms with Crippen LogP contribution in [0.15, 0.2) is 22.7 Å². The van der Waals surface area contributed by atoms with E-state index in [1.807, 2.05) is 0 Å². The van der Waals surface area contributed by atoms with Crippen LogP contribution in [0.2, 0.25) is 0 Å². The Hall–Kier alpha value is -0.420. The average molecular weight is 340 g/mol. The summed E-state index contributed by atoms with van der Waals surface area (Å²) in [5, 5.41) is 0. The van der Waals surface area contributed by atoms with Gasteiger partial charge in [-0.05, 0) is 45.0 Å². The van der Waals surface area contributed by atoms with Crippen molar-refractivity contribution in [3.8, 4) is 0 Å². The molecule has 112 valence electrons. The fourth-order valence-electron chi connectivity index (χ4n) is 3.07. The lowest BCUT2D eigenvalue weighted by Gasteiger charge is -2.45. The Bertz CT molecular complexity index is 451. The highest BCUT2D eigenvalue weighted by molar-refractivity contribution is 9.10. The van der Waals surface area contributed by atoms with E-state index in [4.69, 9.17) is 5.73 Å². The van der Waals surface area contributed by atoms with Crippen molar-refractivity contribution in [1.82, 2.24) is 9.80 Å². The summed E-state index contributed by atoms with van der Waals surface area (Å²) in [4.78, 5) is 4.99. The summed E-state index contributed by atoms with van der Waals surface area (Å²) in [6.07, 6.45) is 0. The number of hydrogen-bond donors (Lipinski definition) is 1. The zero-order valence-corrected chi connectivity index (χ0v) is 14.5. The molecular weight excluding hydrogens is 314 g/mol. The summed E-state index contributed by atoms with van der Waals surface area (Å²) in [6, 6.07) is 8.06. The van der Waals surface area contributed by atoms with Crippen LogP contribution < -0.4 is 5.73 Å². The number of halogens is 1. The third-order valence-corrected chi connectivity index (χ3v) is 5.51. The number of benzene rings is 1. The average Bonchev–Trinajstić information content (AvgIpc) is 2.41. The Morgan fingerprint density at radius 1 is 1.30 bits per heavy atom. The van der Waals surface area contributed by atoms with Crippen molar-refractivity contribution in [1.29, 1.82) is 0 Å². The molecular formula is C16H26BrN3. The number of rotatable bonds is 3. The molecule has 1 aliphatic rings. The van der Waals surface area contributed by atoms with Crippen molar-refractivity contribution in [2.45, 2.75) is 38.9 Å². The van der Waals surface area contributed by atoms with Crippen LogP contribution in [-0.4, -0.2) is 48.6 Å². The summed E-state index contributed by atoms with van der Waals surface area (Å²) in [6.45, 7) is 9.56. The first-order valence-corrected chi connectivity index (χ1v) is 8.15. The minimum atomic E-state index is 0.320. The van der Waals surface area contributed by atoms with Gasteiger partial charge in [-0.2, -0.15) is 0 Å². The highest BCUT2D eigenvalue weighted by atomic mass is 79.9. The van der Waals surface area contributed by atoms with Gasteiger partial charge in [0, 0.05) is 42.2 Å². The van der Waals surface area contributed by atoms with Gasteiger partial charge < -0.3 is 5.73 Å². The second kappa shape index (κ2) is 6.56. The molecule has 0 saturated carbocycles. The van der Waals surface area contributed by atoms with E-state index < -0.39 is 0 Å². The van der Waals surface area contributed by atoms with E-state index in [0.717, 1.165) is 17.6 Å². The van der Waals surface area contributed by atoms with Gasteiger partial charge in [0.2, 0.25) is 0 Å². The minimum absolute atomic E-state index is 0.320. The molecule has 0 aliphatic carbocycles. The smallest absolute Gasteiger partial charge is 0.0471 e.